The van der Waals surface area contributed by atoms with E-state index in [-0.39, 0.29) is 6.54 Å². The van der Waals surface area contributed by atoms with Gasteiger partial charge in [-0.05, 0) is 36.2 Å². The lowest BCUT2D eigenvalue weighted by Gasteiger charge is -2.28. The third kappa shape index (κ3) is 3.97. The number of benzene rings is 1. The van der Waals surface area contributed by atoms with Gasteiger partial charge in [0.1, 0.15) is 17.2 Å². The monoisotopic (exact) mass is 331 g/mol. The van der Waals surface area contributed by atoms with E-state index in [1.54, 1.807) is 12.1 Å². The average molecular weight is 331 g/mol. The Morgan fingerprint density at radius 1 is 1.21 bits per heavy atom. The predicted octanol–water partition coefficient (Wildman–Crippen LogP) is 1.00. The summed E-state index contributed by atoms with van der Waals surface area (Å²) in [5, 5.41) is 5.12. The van der Waals surface area contributed by atoms with E-state index in [1.165, 1.54) is 37.4 Å². The van der Waals surface area contributed by atoms with Crippen LogP contribution in [0.4, 0.5) is 15.0 Å². The summed E-state index contributed by atoms with van der Waals surface area (Å²) in [7, 11) is 0. The number of aromatic nitrogens is 1. The topological polar surface area (TPSA) is 123 Å². The number of rotatable bonds is 5. The Hall–Kier alpha value is -3.16. The molecule has 0 spiro atoms. The lowest BCUT2D eigenvalue weighted by atomic mass is 9.91. The van der Waals surface area contributed by atoms with E-state index in [0.29, 0.717) is 11.4 Å². The van der Waals surface area contributed by atoms with Gasteiger partial charge in [0.2, 0.25) is 5.91 Å². The summed E-state index contributed by atoms with van der Waals surface area (Å²) in [6, 6.07) is 7.90. The quantitative estimate of drug-likeness (QED) is 0.652. The highest BCUT2D eigenvalue weighted by Crippen LogP contribution is 2.20. The van der Waals surface area contributed by atoms with Crippen molar-refractivity contribution in [1.29, 1.82) is 0 Å². The number of urea groups is 1. The Morgan fingerprint density at radius 3 is 2.42 bits per heavy atom. The van der Waals surface area contributed by atoms with Crippen LogP contribution in [-0.4, -0.2) is 16.9 Å². The van der Waals surface area contributed by atoms with Crippen molar-refractivity contribution < 1.29 is 14.0 Å². The Labute approximate surface area is 138 Å². The van der Waals surface area contributed by atoms with E-state index in [1.807, 2.05) is 0 Å². The molecular formula is C16H18FN5O2. The summed E-state index contributed by atoms with van der Waals surface area (Å²) in [6.45, 7) is 1.64. The van der Waals surface area contributed by atoms with E-state index in [0.717, 1.165) is 5.56 Å². The first kappa shape index (κ1) is 17.2. The largest absolute Gasteiger partial charge is 0.384 e. The standard InChI is InChI=1S/C16H18FN5O2/c1-16(14(19)23,11-3-5-12(17)6-4-11)22-15(24)21-9-10-2-7-13(18)20-8-10/h2-8H,9H2,1H3,(H2,18,20)(H2,19,23)(H2,21,22,24). The molecule has 24 heavy (non-hydrogen) atoms. The second-order valence-corrected chi connectivity index (χ2v) is 5.40. The zero-order chi connectivity index (χ0) is 17.7. The third-order valence-electron chi connectivity index (χ3n) is 3.58. The van der Waals surface area contributed by atoms with Crippen molar-refractivity contribution in [1.82, 2.24) is 15.6 Å². The number of carbonyl (C=O) groups is 2. The van der Waals surface area contributed by atoms with Gasteiger partial charge in [0.25, 0.3) is 0 Å². The molecular weight excluding hydrogens is 313 g/mol. The molecule has 0 saturated heterocycles. The summed E-state index contributed by atoms with van der Waals surface area (Å²) < 4.78 is 13.0. The number of halogens is 1. The Kier molecular flexibility index (Phi) is 4.98. The van der Waals surface area contributed by atoms with Gasteiger partial charge in [-0.15, -0.1) is 0 Å². The number of nitrogens with zero attached hydrogens (tertiary/aromatic N) is 1. The van der Waals surface area contributed by atoms with Crippen molar-refractivity contribution in [3.63, 3.8) is 0 Å². The number of hydrogen-bond donors (Lipinski definition) is 4. The van der Waals surface area contributed by atoms with E-state index in [2.05, 4.69) is 15.6 Å². The minimum absolute atomic E-state index is 0.192. The van der Waals surface area contributed by atoms with Crippen molar-refractivity contribution in [3.05, 3.63) is 59.5 Å². The molecule has 1 aromatic carbocycles. The van der Waals surface area contributed by atoms with Gasteiger partial charge >= 0.3 is 6.03 Å². The fourth-order valence-corrected chi connectivity index (χ4v) is 2.05. The summed E-state index contributed by atoms with van der Waals surface area (Å²) in [4.78, 5) is 27.8. The van der Waals surface area contributed by atoms with Crippen LogP contribution < -0.4 is 22.1 Å². The maximum Gasteiger partial charge on any atom is 0.316 e. The van der Waals surface area contributed by atoms with Crippen molar-refractivity contribution in [2.24, 2.45) is 5.73 Å². The van der Waals surface area contributed by atoms with E-state index in [9.17, 15) is 14.0 Å². The molecule has 2 aromatic rings. The summed E-state index contributed by atoms with van der Waals surface area (Å²) in [6.07, 6.45) is 1.53. The van der Waals surface area contributed by atoms with Gasteiger partial charge in [-0.3, -0.25) is 4.79 Å². The van der Waals surface area contributed by atoms with Gasteiger partial charge in [0, 0.05) is 12.7 Å². The number of primary amides is 1. The average Bonchev–Trinajstić information content (AvgIpc) is 2.54. The summed E-state index contributed by atoms with van der Waals surface area (Å²) >= 11 is 0. The van der Waals surface area contributed by atoms with Crippen LogP contribution in [0.25, 0.3) is 0 Å². The first-order valence-electron chi connectivity index (χ1n) is 7.13. The summed E-state index contributed by atoms with van der Waals surface area (Å²) in [5.74, 6) is -0.843. The molecule has 1 aromatic heterocycles. The molecule has 0 aliphatic carbocycles. The number of amides is 3. The maximum absolute atomic E-state index is 13.0. The molecule has 1 unspecified atom stereocenters. The molecule has 1 heterocycles. The zero-order valence-corrected chi connectivity index (χ0v) is 13.0. The normalized spacial score (nSPS) is 12.9. The number of nitrogens with two attached hydrogens (primary N) is 2. The molecule has 0 fully saturated rings. The van der Waals surface area contributed by atoms with Crippen LogP contribution in [0.2, 0.25) is 0 Å². The lowest BCUT2D eigenvalue weighted by molar-refractivity contribution is -0.123. The van der Waals surface area contributed by atoms with Crippen LogP contribution in [-0.2, 0) is 16.9 Å². The Balaban J connectivity index is 2.06. The molecule has 0 aliphatic heterocycles. The van der Waals surface area contributed by atoms with E-state index < -0.39 is 23.3 Å². The first-order chi connectivity index (χ1) is 11.3. The molecule has 6 N–H and O–H groups in total. The van der Waals surface area contributed by atoms with Crippen molar-refractivity contribution >= 4 is 17.8 Å². The SMILES string of the molecule is CC(NC(=O)NCc1ccc(N)nc1)(C(N)=O)c1ccc(F)cc1. The van der Waals surface area contributed by atoms with Gasteiger partial charge in [-0.1, -0.05) is 18.2 Å². The number of nitrogen functional groups attached to an aromatic ring is 1. The van der Waals surface area contributed by atoms with Gasteiger partial charge in [0.05, 0.1) is 0 Å². The highest BCUT2D eigenvalue weighted by atomic mass is 19.1. The molecule has 7 nitrogen and oxygen atoms in total. The maximum atomic E-state index is 13.0. The fraction of sp³-hybridized carbons (Fsp3) is 0.188. The smallest absolute Gasteiger partial charge is 0.316 e. The van der Waals surface area contributed by atoms with Crippen LogP contribution in [0.5, 0.6) is 0 Å². The molecule has 3 amide bonds. The molecule has 0 radical (unpaired) electrons. The van der Waals surface area contributed by atoms with Gasteiger partial charge in [-0.2, -0.15) is 0 Å². The number of hydrogen-bond acceptors (Lipinski definition) is 4. The third-order valence-corrected chi connectivity index (χ3v) is 3.58. The lowest BCUT2D eigenvalue weighted by Crippen LogP contribution is -2.55. The molecule has 126 valence electrons. The van der Waals surface area contributed by atoms with Crippen molar-refractivity contribution in [2.45, 2.75) is 19.0 Å². The van der Waals surface area contributed by atoms with Crippen molar-refractivity contribution in [2.75, 3.05) is 5.73 Å². The van der Waals surface area contributed by atoms with Crippen LogP contribution in [0.3, 0.4) is 0 Å². The van der Waals surface area contributed by atoms with Crippen LogP contribution in [0, 0.1) is 5.82 Å². The highest BCUT2D eigenvalue weighted by molar-refractivity contribution is 5.90. The second kappa shape index (κ2) is 6.95. The number of pyridine rings is 1. The molecule has 0 aliphatic rings. The Bertz CT molecular complexity index is 733. The number of nitrogens with one attached hydrogen (secondary N) is 2. The molecule has 1 atom stereocenters. The van der Waals surface area contributed by atoms with Crippen LogP contribution >= 0.6 is 0 Å². The number of anilines is 1. The van der Waals surface area contributed by atoms with E-state index in [4.69, 9.17) is 11.5 Å². The zero-order valence-electron chi connectivity index (χ0n) is 13.0. The van der Waals surface area contributed by atoms with Gasteiger partial charge < -0.3 is 22.1 Å². The molecule has 0 saturated carbocycles. The van der Waals surface area contributed by atoms with Gasteiger partial charge in [-0.25, -0.2) is 14.2 Å². The van der Waals surface area contributed by atoms with Gasteiger partial charge in [0.15, 0.2) is 0 Å². The van der Waals surface area contributed by atoms with E-state index >= 15 is 0 Å². The van der Waals surface area contributed by atoms with Crippen molar-refractivity contribution in [3.8, 4) is 0 Å². The summed E-state index contributed by atoms with van der Waals surface area (Å²) in [5.41, 5.74) is 10.5. The Morgan fingerprint density at radius 2 is 1.88 bits per heavy atom. The molecule has 8 heteroatoms. The minimum atomic E-state index is -1.48. The number of carbonyl (C=O) groups excluding carboxylic acids is 2. The highest BCUT2D eigenvalue weighted by Gasteiger charge is 2.35. The predicted molar refractivity (Wildman–Crippen MR) is 87.0 cm³/mol. The minimum Gasteiger partial charge on any atom is -0.384 e. The van der Waals surface area contributed by atoms with Crippen LogP contribution in [0.1, 0.15) is 18.1 Å². The molecule has 0 bridgehead atoms. The first-order valence-corrected chi connectivity index (χ1v) is 7.13. The molecule has 2 rings (SSSR count). The fourth-order valence-electron chi connectivity index (χ4n) is 2.05. The van der Waals surface area contributed by atoms with Crippen LogP contribution in [0.15, 0.2) is 42.6 Å². The second-order valence-electron chi connectivity index (χ2n) is 5.40.